The Bertz CT molecular complexity index is 1260. The molecule has 0 aliphatic heterocycles. The largest absolute Gasteiger partial charge is 0.484 e. The number of carbonyl (C=O) groups is 4. The summed E-state index contributed by atoms with van der Waals surface area (Å²) in [6, 6.07) is 13.3. The molecule has 0 saturated heterocycles. The highest BCUT2D eigenvalue weighted by Gasteiger charge is 2.31. The van der Waals surface area contributed by atoms with E-state index in [4.69, 9.17) is 25.4 Å². The fourth-order valence-electron chi connectivity index (χ4n) is 3.56. The number of carbonyl (C=O) groups excluding carboxylic acids is 4. The zero-order valence-electron chi connectivity index (χ0n) is 26.0. The van der Waals surface area contributed by atoms with Crippen LogP contribution in [0.1, 0.15) is 52.7 Å². The molecule has 0 saturated carbocycles. The van der Waals surface area contributed by atoms with Crippen LogP contribution in [-0.2, 0) is 35.1 Å². The summed E-state index contributed by atoms with van der Waals surface area (Å²) in [4.78, 5) is 51.4. The average Bonchev–Trinajstić information content (AvgIpc) is 2.91. The second-order valence-corrected chi connectivity index (χ2v) is 11.8. The zero-order valence-corrected chi connectivity index (χ0v) is 28.4. The lowest BCUT2D eigenvalue weighted by Crippen LogP contribution is -2.56. The first kappa shape index (κ1) is 38.3. The number of nitrogen functional groups attached to an aromatic ring is 1. The van der Waals surface area contributed by atoms with E-state index >= 15 is 0 Å². The number of hydrogen-bond acceptors (Lipinski definition) is 8. The van der Waals surface area contributed by atoms with Crippen LogP contribution in [0.3, 0.4) is 0 Å². The Labute approximate surface area is 275 Å². The fraction of sp³-hybridized carbons (Fsp3) is 0.452. The van der Waals surface area contributed by atoms with Crippen molar-refractivity contribution in [1.29, 1.82) is 5.41 Å². The van der Waals surface area contributed by atoms with Gasteiger partial charge in [-0.3, -0.25) is 19.8 Å². The Kier molecular flexibility index (Phi) is 15.3. The monoisotopic (exact) mass is 725 g/mol. The van der Waals surface area contributed by atoms with Gasteiger partial charge < -0.3 is 35.9 Å². The molecule has 0 unspecified atom stereocenters. The van der Waals surface area contributed by atoms with Crippen molar-refractivity contribution in [2.45, 2.75) is 71.2 Å². The van der Waals surface area contributed by atoms with E-state index in [1.807, 2.05) is 30.3 Å². The Morgan fingerprint density at radius 3 is 2.00 bits per heavy atom. The van der Waals surface area contributed by atoms with Crippen LogP contribution < -0.4 is 26.4 Å². The molecule has 6 N–H and O–H groups in total. The number of amides is 3. The normalized spacial score (nSPS) is 12.5. The Morgan fingerprint density at radius 1 is 0.841 bits per heavy atom. The van der Waals surface area contributed by atoms with Crippen molar-refractivity contribution in [1.82, 2.24) is 16.0 Å². The van der Waals surface area contributed by atoms with Gasteiger partial charge in [0.15, 0.2) is 6.61 Å². The third-order valence-electron chi connectivity index (χ3n) is 5.61. The van der Waals surface area contributed by atoms with Crippen LogP contribution in [0.25, 0.3) is 0 Å². The number of esters is 1. The Hall–Kier alpha value is -3.72. The second kappa shape index (κ2) is 17.5. The summed E-state index contributed by atoms with van der Waals surface area (Å²) in [6.07, 6.45) is 0.176. The van der Waals surface area contributed by atoms with Gasteiger partial charge in [0.1, 0.15) is 29.3 Å². The van der Waals surface area contributed by atoms with E-state index in [0.29, 0.717) is 11.3 Å². The number of amidine groups is 1. The molecule has 2 aromatic rings. The summed E-state index contributed by atoms with van der Waals surface area (Å²) < 4.78 is 16.7. The van der Waals surface area contributed by atoms with Crippen LogP contribution in [0, 0.1) is 5.41 Å². The van der Waals surface area contributed by atoms with Crippen LogP contribution in [0.15, 0.2) is 54.6 Å². The van der Waals surface area contributed by atoms with Gasteiger partial charge in [-0.15, -0.1) is 24.0 Å². The first-order chi connectivity index (χ1) is 20.0. The summed E-state index contributed by atoms with van der Waals surface area (Å²) in [7, 11) is 0. The van der Waals surface area contributed by atoms with E-state index in [1.165, 1.54) is 0 Å². The lowest BCUT2D eigenvalue weighted by Gasteiger charge is -2.28. The van der Waals surface area contributed by atoms with Crippen LogP contribution >= 0.6 is 24.0 Å². The lowest BCUT2D eigenvalue weighted by molar-refractivity contribution is -0.159. The molecule has 13 heteroatoms. The highest BCUT2D eigenvalue weighted by Crippen LogP contribution is 2.13. The average molecular weight is 726 g/mol. The highest BCUT2D eigenvalue weighted by atomic mass is 127. The van der Waals surface area contributed by atoms with E-state index in [2.05, 4.69) is 16.0 Å². The molecule has 44 heavy (non-hydrogen) atoms. The SMILES string of the molecule is CC(C)(C)OC[C@H](NC(=O)CNC(=O)COc1ccc(C(=N)N)cc1)C(=O)N[C@@H](Cc1ccccc1)C(=O)OC(C)(C)C.I. The molecule has 3 amide bonds. The summed E-state index contributed by atoms with van der Waals surface area (Å²) in [5, 5.41) is 15.1. The predicted octanol–water partition coefficient (Wildman–Crippen LogP) is 2.45. The van der Waals surface area contributed by atoms with Crippen molar-refractivity contribution in [3.63, 3.8) is 0 Å². The number of nitrogens with one attached hydrogen (secondary N) is 4. The van der Waals surface area contributed by atoms with E-state index in [9.17, 15) is 19.2 Å². The fourth-order valence-corrected chi connectivity index (χ4v) is 3.56. The minimum atomic E-state index is -1.17. The highest BCUT2D eigenvalue weighted by molar-refractivity contribution is 14.0. The maximum Gasteiger partial charge on any atom is 0.329 e. The van der Waals surface area contributed by atoms with Crippen molar-refractivity contribution in [2.24, 2.45) is 5.73 Å². The van der Waals surface area contributed by atoms with Crippen molar-refractivity contribution in [3.8, 4) is 5.75 Å². The summed E-state index contributed by atoms with van der Waals surface area (Å²) in [5.41, 5.74) is 5.35. The van der Waals surface area contributed by atoms with Gasteiger partial charge in [-0.05, 0) is 71.4 Å². The minimum absolute atomic E-state index is 0. The standard InChI is InChI=1S/C31H43N5O7.HI/c1-30(2,3)42-18-24(28(39)36-23(29(40)43-31(4,5)6)16-20-10-8-7-9-11-20)35-25(37)17-34-26(38)19-41-22-14-12-21(13-15-22)27(32)33;/h7-15,23-24H,16-19H2,1-6H3,(H3,32,33)(H,34,38)(H,35,37)(H,36,39);1H/t23-,24-;/m0./s1. The molecule has 2 atom stereocenters. The number of rotatable bonds is 14. The predicted molar refractivity (Wildman–Crippen MR) is 177 cm³/mol. The maximum absolute atomic E-state index is 13.4. The molecule has 0 radical (unpaired) electrons. The smallest absolute Gasteiger partial charge is 0.329 e. The number of nitrogens with two attached hydrogens (primary N) is 1. The van der Waals surface area contributed by atoms with Gasteiger partial charge in [-0.2, -0.15) is 0 Å². The van der Waals surface area contributed by atoms with Gasteiger partial charge in [0.25, 0.3) is 5.91 Å². The molecule has 0 bridgehead atoms. The molecule has 0 spiro atoms. The van der Waals surface area contributed by atoms with E-state index in [-0.39, 0.29) is 49.4 Å². The van der Waals surface area contributed by atoms with Crippen molar-refractivity contribution < 1.29 is 33.4 Å². The lowest BCUT2D eigenvalue weighted by atomic mass is 10.0. The Morgan fingerprint density at radius 2 is 1.45 bits per heavy atom. The molecule has 0 aromatic heterocycles. The van der Waals surface area contributed by atoms with E-state index in [1.54, 1.807) is 65.8 Å². The third kappa shape index (κ3) is 15.1. The summed E-state index contributed by atoms with van der Waals surface area (Å²) in [6.45, 7) is 9.64. The van der Waals surface area contributed by atoms with Gasteiger partial charge in [-0.25, -0.2) is 4.79 Å². The number of hydrogen-bond donors (Lipinski definition) is 5. The van der Waals surface area contributed by atoms with Gasteiger partial charge in [0.2, 0.25) is 11.8 Å². The van der Waals surface area contributed by atoms with Gasteiger partial charge in [0.05, 0.1) is 18.8 Å². The van der Waals surface area contributed by atoms with E-state index < -0.39 is 53.5 Å². The van der Waals surface area contributed by atoms with Crippen LogP contribution in [0.4, 0.5) is 0 Å². The second-order valence-electron chi connectivity index (χ2n) is 11.8. The van der Waals surface area contributed by atoms with Crippen LogP contribution in [0.5, 0.6) is 5.75 Å². The molecular formula is C31H44IN5O7. The van der Waals surface area contributed by atoms with Crippen LogP contribution in [-0.4, -0.2) is 72.6 Å². The number of ether oxygens (including phenoxy) is 3. The van der Waals surface area contributed by atoms with E-state index in [0.717, 1.165) is 5.56 Å². The molecule has 0 heterocycles. The molecule has 0 aliphatic rings. The van der Waals surface area contributed by atoms with Gasteiger partial charge in [0, 0.05) is 12.0 Å². The number of benzene rings is 2. The summed E-state index contributed by atoms with van der Waals surface area (Å²) >= 11 is 0. The quantitative estimate of drug-likeness (QED) is 0.0853. The molecule has 242 valence electrons. The van der Waals surface area contributed by atoms with Crippen LogP contribution in [0.2, 0.25) is 0 Å². The first-order valence-electron chi connectivity index (χ1n) is 13.9. The first-order valence-corrected chi connectivity index (χ1v) is 13.9. The van der Waals surface area contributed by atoms with Crippen molar-refractivity contribution >= 4 is 53.5 Å². The van der Waals surface area contributed by atoms with Crippen molar-refractivity contribution in [3.05, 3.63) is 65.7 Å². The molecule has 2 aromatic carbocycles. The van der Waals surface area contributed by atoms with Gasteiger partial charge in [-0.1, -0.05) is 30.3 Å². The molecule has 0 aliphatic carbocycles. The van der Waals surface area contributed by atoms with Gasteiger partial charge >= 0.3 is 5.97 Å². The molecule has 0 fully saturated rings. The molecule has 12 nitrogen and oxygen atoms in total. The topological polar surface area (TPSA) is 182 Å². The minimum Gasteiger partial charge on any atom is -0.484 e. The zero-order chi connectivity index (χ0) is 32.2. The number of halogens is 1. The third-order valence-corrected chi connectivity index (χ3v) is 5.61. The molecule has 2 rings (SSSR count). The molecular weight excluding hydrogens is 681 g/mol. The summed E-state index contributed by atoms with van der Waals surface area (Å²) in [5.74, 6) is -2.18. The Balaban J connectivity index is 0.00000968. The van der Waals surface area contributed by atoms with Crippen molar-refractivity contribution in [2.75, 3.05) is 19.8 Å². The maximum atomic E-state index is 13.4.